The van der Waals surface area contributed by atoms with Crippen LogP contribution in [0.2, 0.25) is 0 Å². The molecule has 0 aliphatic carbocycles. The molecule has 0 aromatic carbocycles. The van der Waals surface area contributed by atoms with Gasteiger partial charge < -0.3 is 15.8 Å². The number of nitrogens with zero attached hydrogens (tertiary/aromatic N) is 4. The number of anilines is 1. The second kappa shape index (κ2) is 6.76. The van der Waals surface area contributed by atoms with Gasteiger partial charge in [-0.25, -0.2) is 4.98 Å². The molecular weight excluding hydrogens is 266 g/mol. The Morgan fingerprint density at radius 3 is 2.62 bits per heavy atom. The smallest absolute Gasteiger partial charge is 0.174 e. The summed E-state index contributed by atoms with van der Waals surface area (Å²) in [5.41, 5.74) is 7.52. The van der Waals surface area contributed by atoms with Gasteiger partial charge in [0.05, 0.1) is 5.56 Å². The Morgan fingerprint density at radius 2 is 2.05 bits per heavy atom. The highest BCUT2D eigenvalue weighted by Gasteiger charge is 2.22. The Labute approximate surface area is 126 Å². The van der Waals surface area contributed by atoms with E-state index in [9.17, 15) is 0 Å². The molecule has 1 aromatic rings. The quantitative estimate of drug-likeness (QED) is 0.378. The highest BCUT2D eigenvalue weighted by molar-refractivity contribution is 6.02. The molecule has 0 unspecified atom stereocenters. The van der Waals surface area contributed by atoms with Crippen molar-refractivity contribution in [2.75, 3.05) is 37.6 Å². The lowest BCUT2D eigenvalue weighted by molar-refractivity contribution is 0.231. The van der Waals surface area contributed by atoms with E-state index in [0.29, 0.717) is 5.92 Å². The third-order valence-corrected chi connectivity index (χ3v) is 3.80. The van der Waals surface area contributed by atoms with Crippen LogP contribution in [0, 0.1) is 12.8 Å². The van der Waals surface area contributed by atoms with Crippen LogP contribution in [0.25, 0.3) is 0 Å². The highest BCUT2D eigenvalue weighted by Crippen LogP contribution is 2.22. The number of hydrogen-bond acceptors (Lipinski definition) is 5. The summed E-state index contributed by atoms with van der Waals surface area (Å²) in [5.74, 6) is 1.62. The van der Waals surface area contributed by atoms with Crippen molar-refractivity contribution in [1.29, 1.82) is 0 Å². The van der Waals surface area contributed by atoms with Crippen molar-refractivity contribution in [2.24, 2.45) is 16.8 Å². The minimum absolute atomic E-state index is 0.125. The van der Waals surface area contributed by atoms with Crippen molar-refractivity contribution >= 4 is 11.7 Å². The van der Waals surface area contributed by atoms with E-state index in [4.69, 9.17) is 10.9 Å². The molecule has 1 fully saturated rings. The lowest BCUT2D eigenvalue weighted by Crippen LogP contribution is -2.48. The number of amidine groups is 1. The van der Waals surface area contributed by atoms with Crippen LogP contribution < -0.4 is 10.6 Å². The largest absolute Gasteiger partial charge is 0.409 e. The van der Waals surface area contributed by atoms with Gasteiger partial charge in [0.2, 0.25) is 0 Å². The third-order valence-electron chi connectivity index (χ3n) is 3.80. The predicted octanol–water partition coefficient (Wildman–Crippen LogP) is 1.26. The minimum atomic E-state index is 0.125. The van der Waals surface area contributed by atoms with Gasteiger partial charge in [-0.15, -0.1) is 0 Å². The van der Waals surface area contributed by atoms with Crippen molar-refractivity contribution in [3.8, 4) is 0 Å². The molecule has 1 aliphatic heterocycles. The molecule has 0 saturated carbocycles. The number of rotatable bonds is 4. The van der Waals surface area contributed by atoms with Gasteiger partial charge in [-0.1, -0.05) is 19.0 Å². The fourth-order valence-corrected chi connectivity index (χ4v) is 2.81. The summed E-state index contributed by atoms with van der Waals surface area (Å²) in [7, 11) is 0. The van der Waals surface area contributed by atoms with Crippen LogP contribution in [0.3, 0.4) is 0 Å². The maximum absolute atomic E-state index is 8.99. The number of nitrogens with two attached hydrogens (primary N) is 1. The Hall–Kier alpha value is -1.82. The lowest BCUT2D eigenvalue weighted by Gasteiger charge is -2.37. The fraction of sp³-hybridized carbons (Fsp3) is 0.600. The zero-order valence-corrected chi connectivity index (χ0v) is 13.1. The number of piperazine rings is 1. The molecule has 0 bridgehead atoms. The van der Waals surface area contributed by atoms with Crippen molar-refractivity contribution in [1.82, 2.24) is 9.88 Å². The van der Waals surface area contributed by atoms with E-state index in [1.165, 1.54) is 0 Å². The monoisotopic (exact) mass is 291 g/mol. The molecule has 0 spiro atoms. The van der Waals surface area contributed by atoms with Crippen LogP contribution in [0.15, 0.2) is 17.4 Å². The normalized spacial score (nSPS) is 17.5. The number of hydrogen-bond donors (Lipinski definition) is 2. The number of pyridine rings is 1. The Bertz CT molecular complexity index is 507. The Kier molecular flexibility index (Phi) is 5.01. The third kappa shape index (κ3) is 3.64. The van der Waals surface area contributed by atoms with Crippen LogP contribution in [0.4, 0.5) is 5.82 Å². The molecule has 2 heterocycles. The lowest BCUT2D eigenvalue weighted by atomic mass is 10.1. The fourth-order valence-electron chi connectivity index (χ4n) is 2.81. The Morgan fingerprint density at radius 1 is 1.38 bits per heavy atom. The van der Waals surface area contributed by atoms with Gasteiger partial charge in [0.25, 0.3) is 0 Å². The highest BCUT2D eigenvalue weighted by atomic mass is 16.4. The first-order chi connectivity index (χ1) is 10.0. The second-order valence-corrected chi connectivity index (χ2v) is 5.99. The van der Waals surface area contributed by atoms with Gasteiger partial charge in [0.1, 0.15) is 5.82 Å². The topological polar surface area (TPSA) is 78.0 Å². The first kappa shape index (κ1) is 15.6. The van der Waals surface area contributed by atoms with Crippen LogP contribution in [0.5, 0.6) is 0 Å². The van der Waals surface area contributed by atoms with Gasteiger partial charge in [0.15, 0.2) is 5.84 Å². The molecule has 3 N–H and O–H groups in total. The molecule has 0 amide bonds. The van der Waals surface area contributed by atoms with E-state index in [1.54, 1.807) is 6.20 Å². The zero-order chi connectivity index (χ0) is 15.4. The summed E-state index contributed by atoms with van der Waals surface area (Å²) in [6.45, 7) is 11.4. The predicted molar refractivity (Wildman–Crippen MR) is 85.0 cm³/mol. The summed E-state index contributed by atoms with van der Waals surface area (Å²) in [6.07, 6.45) is 1.78. The van der Waals surface area contributed by atoms with Crippen LogP contribution in [0.1, 0.15) is 25.0 Å². The second-order valence-electron chi connectivity index (χ2n) is 5.99. The van der Waals surface area contributed by atoms with E-state index < -0.39 is 0 Å². The van der Waals surface area contributed by atoms with Gasteiger partial charge in [-0.2, -0.15) is 0 Å². The van der Waals surface area contributed by atoms with Crippen molar-refractivity contribution < 1.29 is 5.21 Å². The van der Waals surface area contributed by atoms with Gasteiger partial charge in [-0.05, 0) is 24.5 Å². The molecule has 116 valence electrons. The standard InChI is InChI=1S/C15H25N5O/c1-11(2)10-19-6-8-20(9-7-19)15-13(14(16)18-21)12(3)4-5-17-15/h4-5,11,21H,6-10H2,1-3H3,(H2,16,18). The first-order valence-electron chi connectivity index (χ1n) is 7.43. The molecule has 1 aromatic heterocycles. The van der Waals surface area contributed by atoms with E-state index in [1.807, 2.05) is 13.0 Å². The van der Waals surface area contributed by atoms with Crippen molar-refractivity contribution in [3.05, 3.63) is 23.4 Å². The molecule has 6 nitrogen and oxygen atoms in total. The average molecular weight is 291 g/mol. The van der Waals surface area contributed by atoms with Gasteiger partial charge in [-0.3, -0.25) is 4.90 Å². The molecule has 6 heteroatoms. The number of aromatic nitrogens is 1. The summed E-state index contributed by atoms with van der Waals surface area (Å²) in [6, 6.07) is 1.88. The SMILES string of the molecule is Cc1ccnc(N2CCN(CC(C)C)CC2)c1/C(N)=N/O. The molecule has 2 rings (SSSR count). The summed E-state index contributed by atoms with van der Waals surface area (Å²) in [4.78, 5) is 9.15. The average Bonchev–Trinajstić information content (AvgIpc) is 2.46. The molecule has 0 radical (unpaired) electrons. The van der Waals surface area contributed by atoms with Crippen molar-refractivity contribution in [3.63, 3.8) is 0 Å². The zero-order valence-electron chi connectivity index (χ0n) is 13.1. The molecule has 1 saturated heterocycles. The maximum atomic E-state index is 8.99. The van der Waals surface area contributed by atoms with Crippen LogP contribution in [-0.2, 0) is 0 Å². The van der Waals surface area contributed by atoms with E-state index >= 15 is 0 Å². The first-order valence-corrected chi connectivity index (χ1v) is 7.43. The number of aryl methyl sites for hydroxylation is 1. The maximum Gasteiger partial charge on any atom is 0.174 e. The molecular formula is C15H25N5O. The summed E-state index contributed by atoms with van der Waals surface area (Å²) >= 11 is 0. The van der Waals surface area contributed by atoms with E-state index in [-0.39, 0.29) is 5.84 Å². The van der Waals surface area contributed by atoms with Crippen LogP contribution in [-0.4, -0.2) is 53.7 Å². The Balaban J connectivity index is 2.15. The molecule has 0 atom stereocenters. The van der Waals surface area contributed by atoms with Crippen LogP contribution >= 0.6 is 0 Å². The van der Waals surface area contributed by atoms with Crippen molar-refractivity contribution in [2.45, 2.75) is 20.8 Å². The van der Waals surface area contributed by atoms with Gasteiger partial charge in [0, 0.05) is 38.9 Å². The molecule has 1 aliphatic rings. The van der Waals surface area contributed by atoms with E-state index in [0.717, 1.165) is 49.7 Å². The molecule has 21 heavy (non-hydrogen) atoms. The van der Waals surface area contributed by atoms with Gasteiger partial charge >= 0.3 is 0 Å². The van der Waals surface area contributed by atoms with E-state index in [2.05, 4.69) is 33.8 Å². The summed E-state index contributed by atoms with van der Waals surface area (Å²) < 4.78 is 0. The summed E-state index contributed by atoms with van der Waals surface area (Å²) in [5, 5.41) is 12.1. The minimum Gasteiger partial charge on any atom is -0.409 e. The number of oxime groups is 1.